The summed E-state index contributed by atoms with van der Waals surface area (Å²) in [7, 11) is 0. The number of benzene rings is 2. The Balaban J connectivity index is 1.67. The summed E-state index contributed by atoms with van der Waals surface area (Å²) in [5.41, 5.74) is 1.48. The lowest BCUT2D eigenvalue weighted by Crippen LogP contribution is -2.23. The van der Waals surface area contributed by atoms with Crippen LogP contribution < -0.4 is 24.3 Å². The van der Waals surface area contributed by atoms with Gasteiger partial charge in [0.05, 0.1) is 24.4 Å². The molecule has 8 heteroatoms. The molecule has 0 aliphatic rings. The fourth-order valence-corrected chi connectivity index (χ4v) is 4.04. The van der Waals surface area contributed by atoms with E-state index in [1.54, 1.807) is 0 Å². The summed E-state index contributed by atoms with van der Waals surface area (Å²) < 4.78 is 18.6. The van der Waals surface area contributed by atoms with Gasteiger partial charge in [-0.15, -0.1) is 5.10 Å². The fraction of sp³-hybridized carbons (Fsp3) is 0.261. The molecule has 2 aromatic carbocycles. The van der Waals surface area contributed by atoms with Gasteiger partial charge in [-0.25, -0.2) is 0 Å². The summed E-state index contributed by atoms with van der Waals surface area (Å²) in [5.74, 6) is 2.64. The third kappa shape index (κ3) is 4.39. The molecule has 0 bridgehead atoms. The quantitative estimate of drug-likeness (QED) is 0.420. The molecular weight excluding hydrogens is 414 g/mol. The average Bonchev–Trinajstić information content (AvgIpc) is 3.31. The maximum absolute atomic E-state index is 12.9. The molecule has 2 heterocycles. The first-order valence-electron chi connectivity index (χ1n) is 10.2. The molecule has 2 aromatic heterocycles. The van der Waals surface area contributed by atoms with Crippen LogP contribution in [0.25, 0.3) is 22.4 Å². The van der Waals surface area contributed by atoms with Crippen molar-refractivity contribution in [1.29, 1.82) is 0 Å². The van der Waals surface area contributed by atoms with E-state index in [1.165, 1.54) is 15.9 Å². The van der Waals surface area contributed by atoms with Gasteiger partial charge in [0.15, 0.2) is 17.3 Å². The molecule has 0 atom stereocenters. The summed E-state index contributed by atoms with van der Waals surface area (Å²) >= 11 is 1.30. The van der Waals surface area contributed by atoms with Crippen LogP contribution in [-0.4, -0.2) is 34.4 Å². The number of ether oxygens (including phenoxy) is 3. The Bertz CT molecular complexity index is 1300. The minimum atomic E-state index is -0.198. The van der Waals surface area contributed by atoms with E-state index >= 15 is 0 Å². The number of nitrogens with zero attached hydrogens (tertiary/aromatic N) is 3. The highest BCUT2D eigenvalue weighted by molar-refractivity contribution is 7.15. The topological polar surface area (TPSA) is 75.0 Å². The number of rotatable bonds is 8. The molecule has 0 aliphatic carbocycles. The van der Waals surface area contributed by atoms with E-state index in [4.69, 9.17) is 14.2 Å². The van der Waals surface area contributed by atoms with Gasteiger partial charge >= 0.3 is 0 Å². The molecule has 4 rings (SSSR count). The predicted molar refractivity (Wildman–Crippen MR) is 121 cm³/mol. The zero-order chi connectivity index (χ0) is 21.8. The second-order valence-corrected chi connectivity index (χ2v) is 7.58. The van der Waals surface area contributed by atoms with Crippen molar-refractivity contribution in [3.05, 3.63) is 62.9 Å². The van der Waals surface area contributed by atoms with E-state index in [9.17, 15) is 4.79 Å². The van der Waals surface area contributed by atoms with Crippen LogP contribution in [-0.2, 0) is 0 Å². The first-order valence-corrected chi connectivity index (χ1v) is 11.0. The van der Waals surface area contributed by atoms with Gasteiger partial charge in [-0.2, -0.15) is 9.50 Å². The number of hydrogen-bond donors (Lipinski definition) is 0. The van der Waals surface area contributed by atoms with Gasteiger partial charge in [0, 0.05) is 5.56 Å². The van der Waals surface area contributed by atoms with Gasteiger partial charge < -0.3 is 14.2 Å². The second kappa shape index (κ2) is 9.18. The zero-order valence-corrected chi connectivity index (χ0v) is 18.4. The van der Waals surface area contributed by atoms with Gasteiger partial charge in [-0.05, 0) is 68.8 Å². The Kier molecular flexibility index (Phi) is 6.18. The van der Waals surface area contributed by atoms with E-state index in [2.05, 4.69) is 10.1 Å². The third-order valence-corrected chi connectivity index (χ3v) is 5.43. The molecule has 0 aliphatic heterocycles. The Morgan fingerprint density at radius 3 is 2.32 bits per heavy atom. The smallest absolute Gasteiger partial charge is 0.291 e. The van der Waals surface area contributed by atoms with Crippen molar-refractivity contribution in [2.75, 3.05) is 19.8 Å². The highest BCUT2D eigenvalue weighted by Gasteiger charge is 2.13. The van der Waals surface area contributed by atoms with Gasteiger partial charge in [-0.1, -0.05) is 17.4 Å². The van der Waals surface area contributed by atoms with Crippen LogP contribution >= 0.6 is 11.3 Å². The molecule has 4 aromatic rings. The Morgan fingerprint density at radius 2 is 1.65 bits per heavy atom. The van der Waals surface area contributed by atoms with Crippen molar-refractivity contribution in [3.63, 3.8) is 0 Å². The van der Waals surface area contributed by atoms with Crippen LogP contribution in [0.1, 0.15) is 26.3 Å². The van der Waals surface area contributed by atoms with E-state index in [-0.39, 0.29) is 5.56 Å². The van der Waals surface area contributed by atoms with Crippen molar-refractivity contribution >= 4 is 22.4 Å². The van der Waals surface area contributed by atoms with Crippen LogP contribution in [0.5, 0.6) is 17.2 Å². The molecule has 0 radical (unpaired) electrons. The standard InChI is InChI=1S/C23H23N3O4S/c1-4-28-17-10-8-16(9-11-17)21-24-23-26(25-21)22(27)20(31-23)14-15-7-12-18(29-5-2)19(13-15)30-6-3/h7-14H,4-6H2,1-3H3. The van der Waals surface area contributed by atoms with E-state index < -0.39 is 0 Å². The van der Waals surface area contributed by atoms with Crippen molar-refractivity contribution in [1.82, 2.24) is 14.6 Å². The molecule has 0 saturated carbocycles. The van der Waals surface area contributed by atoms with Crippen molar-refractivity contribution in [3.8, 4) is 28.6 Å². The first-order chi connectivity index (χ1) is 15.1. The van der Waals surface area contributed by atoms with Gasteiger partial charge in [0.25, 0.3) is 5.56 Å². The van der Waals surface area contributed by atoms with Crippen LogP contribution in [0, 0.1) is 0 Å². The number of thiazole rings is 1. The zero-order valence-electron chi connectivity index (χ0n) is 17.6. The number of fused-ring (bicyclic) bond motifs is 1. The Labute approximate surface area is 183 Å². The van der Waals surface area contributed by atoms with E-state index in [1.807, 2.05) is 69.3 Å². The van der Waals surface area contributed by atoms with Crippen molar-refractivity contribution in [2.45, 2.75) is 20.8 Å². The third-order valence-electron chi connectivity index (χ3n) is 4.47. The average molecular weight is 438 g/mol. The lowest BCUT2D eigenvalue weighted by molar-refractivity contribution is 0.287. The summed E-state index contributed by atoms with van der Waals surface area (Å²) in [6.07, 6.45) is 1.82. The number of hydrogen-bond acceptors (Lipinski definition) is 7. The fourth-order valence-electron chi connectivity index (χ4n) is 3.13. The summed E-state index contributed by atoms with van der Waals surface area (Å²) in [4.78, 5) is 17.9. The largest absolute Gasteiger partial charge is 0.494 e. The highest BCUT2D eigenvalue weighted by atomic mass is 32.1. The monoisotopic (exact) mass is 437 g/mol. The molecule has 0 fully saturated rings. The summed E-state index contributed by atoms with van der Waals surface area (Å²) in [6, 6.07) is 13.1. The van der Waals surface area contributed by atoms with E-state index in [0.29, 0.717) is 46.6 Å². The van der Waals surface area contributed by atoms with Crippen LogP contribution in [0.3, 0.4) is 0 Å². The Morgan fingerprint density at radius 1 is 0.935 bits per heavy atom. The van der Waals surface area contributed by atoms with Crippen LogP contribution in [0.15, 0.2) is 47.3 Å². The molecule has 0 N–H and O–H groups in total. The minimum Gasteiger partial charge on any atom is -0.494 e. The lowest BCUT2D eigenvalue weighted by atomic mass is 10.2. The molecule has 7 nitrogen and oxygen atoms in total. The maximum Gasteiger partial charge on any atom is 0.291 e. The van der Waals surface area contributed by atoms with Crippen molar-refractivity contribution < 1.29 is 14.2 Å². The van der Waals surface area contributed by atoms with Gasteiger partial charge in [-0.3, -0.25) is 4.79 Å². The summed E-state index contributed by atoms with van der Waals surface area (Å²) in [6.45, 7) is 7.48. The SMILES string of the molecule is CCOc1ccc(-c2nc3sc(=Cc4ccc(OCC)c(OCC)c4)c(=O)n3n2)cc1. The minimum absolute atomic E-state index is 0.198. The number of aromatic nitrogens is 3. The van der Waals surface area contributed by atoms with Crippen molar-refractivity contribution in [2.24, 2.45) is 0 Å². The Hall–Kier alpha value is -3.39. The molecule has 0 saturated heterocycles. The molecule has 0 unspecified atom stereocenters. The first kappa shape index (κ1) is 20.9. The summed E-state index contributed by atoms with van der Waals surface area (Å²) in [5, 5.41) is 4.40. The van der Waals surface area contributed by atoms with E-state index in [0.717, 1.165) is 16.9 Å². The second-order valence-electron chi connectivity index (χ2n) is 6.58. The van der Waals surface area contributed by atoms with Gasteiger partial charge in [0.1, 0.15) is 5.75 Å². The normalized spacial score (nSPS) is 11.8. The predicted octanol–water partition coefficient (Wildman–Crippen LogP) is 3.56. The maximum atomic E-state index is 12.9. The lowest BCUT2D eigenvalue weighted by Gasteiger charge is -2.11. The molecule has 0 spiro atoms. The molecule has 31 heavy (non-hydrogen) atoms. The van der Waals surface area contributed by atoms with Gasteiger partial charge in [0.2, 0.25) is 4.96 Å². The highest BCUT2D eigenvalue weighted by Crippen LogP contribution is 2.29. The van der Waals surface area contributed by atoms with Crippen LogP contribution in [0.2, 0.25) is 0 Å². The van der Waals surface area contributed by atoms with Crippen LogP contribution in [0.4, 0.5) is 0 Å². The molecule has 0 amide bonds. The molecular formula is C23H23N3O4S. The molecule has 160 valence electrons.